The van der Waals surface area contributed by atoms with Gasteiger partial charge in [0.05, 0.1) is 12.0 Å². The van der Waals surface area contributed by atoms with Gasteiger partial charge in [-0.2, -0.15) is 0 Å². The molecular formula is C23H27N3O7S. The molecule has 0 atom stereocenters. The molecule has 0 aromatic heterocycles. The smallest absolute Gasteiger partial charge is 0.344 e. The Bertz CT molecular complexity index is 1150. The zero-order valence-corrected chi connectivity index (χ0v) is 19.6. The quantitative estimate of drug-likeness (QED) is 0.517. The zero-order valence-electron chi connectivity index (χ0n) is 18.8. The van der Waals surface area contributed by atoms with Crippen LogP contribution in [0.2, 0.25) is 0 Å². The first-order valence-corrected chi connectivity index (χ1v) is 12.2. The molecule has 1 aliphatic heterocycles. The largest absolute Gasteiger partial charge is 0.493 e. The molecule has 0 radical (unpaired) electrons. The van der Waals surface area contributed by atoms with Gasteiger partial charge < -0.3 is 19.5 Å². The van der Waals surface area contributed by atoms with E-state index in [0.717, 1.165) is 19.3 Å². The standard InChI is InChI=1S/C23H27N3O7S/c1-31-19-10-4-5-11-20(19)32-16-23(28)33-15-22(27)25-17-8-7-9-18(14-17)34(29,30)26-21-12-3-2-6-13-24-21/h4-5,7-11,14H,2-3,6,12-13,15-16H2,1H3,(H,24,26)(H,25,27). The predicted octanol–water partition coefficient (Wildman–Crippen LogP) is 2.51. The Morgan fingerprint density at radius 3 is 2.59 bits per heavy atom. The van der Waals surface area contributed by atoms with Crippen LogP contribution in [0.4, 0.5) is 5.69 Å². The third-order valence-corrected chi connectivity index (χ3v) is 6.21. The van der Waals surface area contributed by atoms with E-state index >= 15 is 0 Å². The van der Waals surface area contributed by atoms with Gasteiger partial charge in [0, 0.05) is 18.7 Å². The fourth-order valence-corrected chi connectivity index (χ4v) is 4.31. The Kier molecular flexibility index (Phi) is 8.86. The van der Waals surface area contributed by atoms with Gasteiger partial charge in [-0.05, 0) is 43.2 Å². The van der Waals surface area contributed by atoms with Crippen molar-refractivity contribution in [1.82, 2.24) is 4.72 Å². The molecule has 1 heterocycles. The molecule has 2 aromatic carbocycles. The fourth-order valence-electron chi connectivity index (χ4n) is 3.17. The predicted molar refractivity (Wildman–Crippen MR) is 126 cm³/mol. The Balaban J connectivity index is 1.50. The molecule has 182 valence electrons. The van der Waals surface area contributed by atoms with Crippen molar-refractivity contribution in [3.05, 3.63) is 48.5 Å². The Labute approximate surface area is 198 Å². The summed E-state index contributed by atoms with van der Waals surface area (Å²) in [6.45, 7) is -0.367. The number of sulfonamides is 1. The average molecular weight is 490 g/mol. The topological polar surface area (TPSA) is 132 Å². The number of rotatable bonds is 9. The maximum atomic E-state index is 12.7. The summed E-state index contributed by atoms with van der Waals surface area (Å²) in [5, 5.41) is 2.52. The lowest BCUT2D eigenvalue weighted by molar-refractivity contribution is -0.149. The molecule has 2 aromatic rings. The summed E-state index contributed by atoms with van der Waals surface area (Å²) in [5.41, 5.74) is 0.247. The number of nitrogens with one attached hydrogen (secondary N) is 2. The molecule has 0 bridgehead atoms. The van der Waals surface area contributed by atoms with Gasteiger partial charge in [-0.3, -0.25) is 14.5 Å². The molecule has 10 nitrogen and oxygen atoms in total. The number of aliphatic imine (C=N–C) groups is 1. The van der Waals surface area contributed by atoms with Crippen LogP contribution in [0.3, 0.4) is 0 Å². The van der Waals surface area contributed by atoms with Gasteiger partial charge in [-0.25, -0.2) is 13.2 Å². The summed E-state index contributed by atoms with van der Waals surface area (Å²) < 4.78 is 43.3. The lowest BCUT2D eigenvalue weighted by Gasteiger charge is -2.12. The number of nitrogens with zero attached hydrogens (tertiary/aromatic N) is 1. The van der Waals surface area contributed by atoms with Gasteiger partial charge in [0.15, 0.2) is 24.7 Å². The monoisotopic (exact) mass is 489 g/mol. The third-order valence-electron chi connectivity index (χ3n) is 4.83. The van der Waals surface area contributed by atoms with E-state index in [2.05, 4.69) is 15.0 Å². The first-order valence-electron chi connectivity index (χ1n) is 10.7. The Morgan fingerprint density at radius 2 is 1.79 bits per heavy atom. The minimum Gasteiger partial charge on any atom is -0.493 e. The number of anilines is 1. The van der Waals surface area contributed by atoms with Crippen molar-refractivity contribution in [2.45, 2.75) is 30.6 Å². The van der Waals surface area contributed by atoms with E-state index in [-0.39, 0.29) is 10.6 Å². The average Bonchev–Trinajstić information content (AvgIpc) is 3.10. The first kappa shape index (κ1) is 25.0. The maximum absolute atomic E-state index is 12.7. The second-order valence-corrected chi connectivity index (χ2v) is 9.10. The summed E-state index contributed by atoms with van der Waals surface area (Å²) in [5.74, 6) is -0.0995. The second kappa shape index (κ2) is 12.0. The van der Waals surface area contributed by atoms with Crippen LogP contribution in [-0.4, -0.2) is 53.0 Å². The number of methoxy groups -OCH3 is 1. The molecule has 0 aliphatic carbocycles. The molecule has 0 unspecified atom stereocenters. The lowest BCUT2D eigenvalue weighted by atomic mass is 10.2. The van der Waals surface area contributed by atoms with Crippen molar-refractivity contribution in [3.63, 3.8) is 0 Å². The SMILES string of the molecule is COc1ccccc1OCC(=O)OCC(=O)Nc1cccc(S(=O)(=O)NC2=NCCCCC2)c1. The van der Waals surface area contributed by atoms with Crippen molar-refractivity contribution in [2.75, 3.05) is 32.2 Å². The Morgan fingerprint density at radius 1 is 1.00 bits per heavy atom. The molecule has 11 heteroatoms. The number of amides is 1. The zero-order chi connectivity index (χ0) is 24.4. The first-order chi connectivity index (χ1) is 16.4. The van der Waals surface area contributed by atoms with E-state index in [1.807, 2.05) is 0 Å². The van der Waals surface area contributed by atoms with Crippen molar-refractivity contribution < 1.29 is 32.2 Å². The number of carbonyl (C=O) groups excluding carboxylic acids is 2. The summed E-state index contributed by atoms with van der Waals surface area (Å²) in [6.07, 6.45) is 3.39. The number of hydrogen-bond acceptors (Lipinski definition) is 8. The van der Waals surface area contributed by atoms with Crippen molar-refractivity contribution in [1.29, 1.82) is 0 Å². The van der Waals surface area contributed by atoms with Crippen LogP contribution in [0.15, 0.2) is 58.4 Å². The molecule has 0 spiro atoms. The molecule has 0 saturated carbocycles. The molecule has 0 fully saturated rings. The van der Waals surface area contributed by atoms with E-state index in [9.17, 15) is 18.0 Å². The van der Waals surface area contributed by atoms with Crippen LogP contribution in [-0.2, 0) is 24.3 Å². The van der Waals surface area contributed by atoms with Crippen molar-refractivity contribution in [3.8, 4) is 11.5 Å². The molecule has 1 amide bonds. The second-order valence-electron chi connectivity index (χ2n) is 7.42. The van der Waals surface area contributed by atoms with Crippen LogP contribution < -0.4 is 19.5 Å². The normalized spacial score (nSPS) is 13.7. The van der Waals surface area contributed by atoms with E-state index in [4.69, 9.17) is 14.2 Å². The highest BCUT2D eigenvalue weighted by Gasteiger charge is 2.18. The van der Waals surface area contributed by atoms with Gasteiger partial charge in [0.1, 0.15) is 5.84 Å². The third kappa shape index (κ3) is 7.48. The number of benzene rings is 2. The van der Waals surface area contributed by atoms with Crippen LogP contribution >= 0.6 is 0 Å². The molecular weight excluding hydrogens is 462 g/mol. The minimum absolute atomic E-state index is 0.0144. The molecule has 0 saturated heterocycles. The van der Waals surface area contributed by atoms with Gasteiger partial charge in [-0.15, -0.1) is 0 Å². The highest BCUT2D eigenvalue weighted by atomic mass is 32.2. The van der Waals surface area contributed by atoms with Crippen molar-refractivity contribution in [2.24, 2.45) is 4.99 Å². The number of ether oxygens (including phenoxy) is 3. The highest BCUT2D eigenvalue weighted by molar-refractivity contribution is 7.90. The van der Waals surface area contributed by atoms with E-state index < -0.39 is 35.1 Å². The van der Waals surface area contributed by atoms with Crippen molar-refractivity contribution >= 4 is 33.4 Å². The number of para-hydroxylation sites is 2. The van der Waals surface area contributed by atoms with Gasteiger partial charge in [0.2, 0.25) is 0 Å². The summed E-state index contributed by atoms with van der Waals surface area (Å²) >= 11 is 0. The van der Waals surface area contributed by atoms with Crippen LogP contribution in [0.25, 0.3) is 0 Å². The number of carbonyl (C=O) groups is 2. The van der Waals surface area contributed by atoms with E-state index in [0.29, 0.717) is 30.3 Å². The molecule has 3 rings (SSSR count). The highest BCUT2D eigenvalue weighted by Crippen LogP contribution is 2.25. The van der Waals surface area contributed by atoms with E-state index in [1.54, 1.807) is 24.3 Å². The maximum Gasteiger partial charge on any atom is 0.344 e. The van der Waals surface area contributed by atoms with Crippen LogP contribution in [0.5, 0.6) is 11.5 Å². The molecule has 1 aliphatic rings. The van der Waals surface area contributed by atoms with Gasteiger partial charge in [-0.1, -0.05) is 24.6 Å². The van der Waals surface area contributed by atoms with Gasteiger partial charge in [0.25, 0.3) is 15.9 Å². The molecule has 34 heavy (non-hydrogen) atoms. The fraction of sp³-hybridized carbons (Fsp3) is 0.348. The number of hydrogen-bond donors (Lipinski definition) is 2. The number of esters is 1. The summed E-state index contributed by atoms with van der Waals surface area (Å²) in [7, 11) is -2.37. The number of amidine groups is 1. The van der Waals surface area contributed by atoms with Crippen LogP contribution in [0, 0.1) is 0 Å². The summed E-state index contributed by atoms with van der Waals surface area (Å²) in [4.78, 5) is 28.3. The van der Waals surface area contributed by atoms with Crippen LogP contribution in [0.1, 0.15) is 25.7 Å². The minimum atomic E-state index is -3.84. The lowest BCUT2D eigenvalue weighted by Crippen LogP contribution is -2.30. The molecule has 2 N–H and O–H groups in total. The van der Waals surface area contributed by atoms with Gasteiger partial charge >= 0.3 is 5.97 Å². The Hall–Kier alpha value is -3.60. The summed E-state index contributed by atoms with van der Waals surface area (Å²) in [6, 6.07) is 12.6. The van der Waals surface area contributed by atoms with E-state index in [1.165, 1.54) is 31.4 Å².